The van der Waals surface area contributed by atoms with Gasteiger partial charge in [0.1, 0.15) is 16.7 Å². The number of furan rings is 1. The van der Waals surface area contributed by atoms with Gasteiger partial charge in [0.2, 0.25) is 5.89 Å². The molecule has 0 fully saturated rings. The number of hydrogen-bond donors (Lipinski definition) is 0. The van der Waals surface area contributed by atoms with Crippen molar-refractivity contribution in [2.45, 2.75) is 0 Å². The van der Waals surface area contributed by atoms with E-state index >= 15 is 0 Å². The topological polar surface area (TPSA) is 42.4 Å². The van der Waals surface area contributed by atoms with Gasteiger partial charge in [0.05, 0.1) is 5.39 Å². The van der Waals surface area contributed by atoms with Gasteiger partial charge in [0.15, 0.2) is 5.58 Å². The zero-order valence-corrected chi connectivity index (χ0v) is 29.8. The van der Waals surface area contributed by atoms with E-state index in [0.29, 0.717) is 5.89 Å². The van der Waals surface area contributed by atoms with Gasteiger partial charge in [-0.3, -0.25) is 0 Å². The third-order valence-electron chi connectivity index (χ3n) is 10.3. The highest BCUT2D eigenvalue weighted by atomic mass is 32.1. The third kappa shape index (κ3) is 5.01. The lowest BCUT2D eigenvalue weighted by Crippen LogP contribution is -2.09. The Hall–Kier alpha value is -6.95. The van der Waals surface area contributed by atoms with Crippen LogP contribution in [0.25, 0.3) is 86.9 Å². The van der Waals surface area contributed by atoms with Crippen molar-refractivity contribution in [2.24, 2.45) is 0 Å². The Kier molecular flexibility index (Phi) is 7.00. The molecule has 0 aliphatic heterocycles. The van der Waals surface area contributed by atoms with Crippen LogP contribution in [0.1, 0.15) is 0 Å². The summed E-state index contributed by atoms with van der Waals surface area (Å²) in [6, 6.07) is 63.9. The van der Waals surface area contributed by atoms with Crippen molar-refractivity contribution in [1.82, 2.24) is 4.98 Å². The van der Waals surface area contributed by atoms with Crippen molar-refractivity contribution in [3.05, 3.63) is 182 Å². The average Bonchev–Trinajstić information content (AvgIpc) is 3.95. The molecule has 0 unspecified atom stereocenters. The standard InChI is InChI=1S/C49H30N2O2S/c1-3-10-31(11-4-1)32-18-22-35(23-19-32)51(36-24-20-33(21-25-36)38-15-9-16-40-39-14-7-8-17-45(39)54-48(38)40)37-26-27-41-44(30-37)52-42-28-29-43-47(46(41)42)50-49(53-43)34-12-5-2-6-13-34/h1-30H. The van der Waals surface area contributed by atoms with Gasteiger partial charge in [0.25, 0.3) is 0 Å². The minimum atomic E-state index is 0.598. The van der Waals surface area contributed by atoms with Crippen LogP contribution in [0.5, 0.6) is 0 Å². The van der Waals surface area contributed by atoms with Crippen LogP contribution in [0.15, 0.2) is 191 Å². The molecule has 0 bridgehead atoms. The molecule has 0 radical (unpaired) electrons. The van der Waals surface area contributed by atoms with Gasteiger partial charge in [-0.05, 0) is 89.0 Å². The molecule has 3 aromatic heterocycles. The van der Waals surface area contributed by atoms with Crippen molar-refractivity contribution in [3.63, 3.8) is 0 Å². The first kappa shape index (κ1) is 30.7. The van der Waals surface area contributed by atoms with E-state index < -0.39 is 0 Å². The molecule has 5 heteroatoms. The number of oxazole rings is 1. The largest absolute Gasteiger partial charge is 0.456 e. The molecule has 254 valence electrons. The summed E-state index contributed by atoms with van der Waals surface area (Å²) in [6.45, 7) is 0. The molecule has 0 aliphatic rings. The van der Waals surface area contributed by atoms with E-state index in [4.69, 9.17) is 13.8 Å². The molecular formula is C49H30N2O2S. The smallest absolute Gasteiger partial charge is 0.227 e. The Labute approximate surface area is 314 Å². The monoisotopic (exact) mass is 710 g/mol. The van der Waals surface area contributed by atoms with Crippen molar-refractivity contribution in [3.8, 4) is 33.7 Å². The molecule has 0 spiro atoms. The van der Waals surface area contributed by atoms with Crippen molar-refractivity contribution in [1.29, 1.82) is 0 Å². The number of fused-ring (bicyclic) bond motifs is 8. The Morgan fingerprint density at radius 2 is 1.06 bits per heavy atom. The lowest BCUT2D eigenvalue weighted by atomic mass is 10.0. The van der Waals surface area contributed by atoms with E-state index in [-0.39, 0.29) is 0 Å². The Balaban J connectivity index is 1.03. The Bertz CT molecular complexity index is 3140. The predicted octanol–water partition coefficient (Wildman–Crippen LogP) is 14.6. The van der Waals surface area contributed by atoms with Gasteiger partial charge >= 0.3 is 0 Å². The van der Waals surface area contributed by atoms with Crippen LogP contribution in [0.3, 0.4) is 0 Å². The maximum atomic E-state index is 6.55. The molecule has 0 amide bonds. The normalized spacial score (nSPS) is 11.7. The molecule has 3 heterocycles. The first-order chi connectivity index (χ1) is 26.7. The van der Waals surface area contributed by atoms with E-state index in [0.717, 1.165) is 55.7 Å². The van der Waals surface area contributed by atoms with Crippen LogP contribution in [-0.4, -0.2) is 4.98 Å². The van der Waals surface area contributed by atoms with Crippen LogP contribution >= 0.6 is 11.3 Å². The highest BCUT2D eigenvalue weighted by Gasteiger charge is 2.20. The average molecular weight is 711 g/mol. The van der Waals surface area contributed by atoms with E-state index in [1.54, 1.807) is 0 Å². The summed E-state index contributed by atoms with van der Waals surface area (Å²) in [5.74, 6) is 0.598. The second-order valence-corrected chi connectivity index (χ2v) is 14.6. The summed E-state index contributed by atoms with van der Waals surface area (Å²) in [7, 11) is 0. The molecule has 54 heavy (non-hydrogen) atoms. The van der Waals surface area contributed by atoms with Crippen LogP contribution in [0.2, 0.25) is 0 Å². The van der Waals surface area contributed by atoms with Crippen LogP contribution < -0.4 is 4.90 Å². The molecule has 0 N–H and O–H groups in total. The molecule has 8 aromatic carbocycles. The van der Waals surface area contributed by atoms with Crippen molar-refractivity contribution >= 4 is 81.6 Å². The highest BCUT2D eigenvalue weighted by Crippen LogP contribution is 2.43. The number of anilines is 3. The number of benzene rings is 8. The maximum absolute atomic E-state index is 6.55. The number of nitrogens with zero attached hydrogens (tertiary/aromatic N) is 2. The van der Waals surface area contributed by atoms with Gasteiger partial charge < -0.3 is 13.7 Å². The molecule has 0 aliphatic carbocycles. The second-order valence-electron chi connectivity index (χ2n) is 13.5. The third-order valence-corrected chi connectivity index (χ3v) is 11.5. The maximum Gasteiger partial charge on any atom is 0.227 e. The number of thiophene rings is 1. The van der Waals surface area contributed by atoms with Crippen LogP contribution in [-0.2, 0) is 0 Å². The van der Waals surface area contributed by atoms with Gasteiger partial charge in [-0.15, -0.1) is 11.3 Å². The molecule has 0 atom stereocenters. The molecule has 0 saturated heterocycles. The molecular weight excluding hydrogens is 681 g/mol. The summed E-state index contributed by atoms with van der Waals surface area (Å²) in [6.07, 6.45) is 0. The number of hydrogen-bond acceptors (Lipinski definition) is 5. The molecule has 11 rings (SSSR count). The van der Waals surface area contributed by atoms with Gasteiger partial charge in [-0.2, -0.15) is 0 Å². The molecule has 4 nitrogen and oxygen atoms in total. The van der Waals surface area contributed by atoms with E-state index in [9.17, 15) is 0 Å². The highest BCUT2D eigenvalue weighted by molar-refractivity contribution is 7.26. The minimum absolute atomic E-state index is 0.598. The zero-order valence-electron chi connectivity index (χ0n) is 28.9. The number of aromatic nitrogens is 1. The van der Waals surface area contributed by atoms with Crippen molar-refractivity contribution in [2.75, 3.05) is 4.90 Å². The van der Waals surface area contributed by atoms with Crippen molar-refractivity contribution < 1.29 is 8.83 Å². The summed E-state index contributed by atoms with van der Waals surface area (Å²) in [5.41, 5.74) is 11.9. The minimum Gasteiger partial charge on any atom is -0.456 e. The SMILES string of the molecule is c1ccc(-c2ccc(N(c3ccc(-c4cccc5c4sc4ccccc45)cc3)c3ccc4c(c3)oc3ccc5oc(-c6ccccc6)nc5c34)cc2)cc1. The fourth-order valence-corrected chi connectivity index (χ4v) is 8.97. The first-order valence-electron chi connectivity index (χ1n) is 18.0. The van der Waals surface area contributed by atoms with E-state index in [1.165, 1.54) is 42.4 Å². The number of rotatable bonds is 6. The zero-order chi connectivity index (χ0) is 35.6. The Morgan fingerprint density at radius 1 is 0.426 bits per heavy atom. The van der Waals surface area contributed by atoms with Gasteiger partial charge in [0, 0.05) is 54.3 Å². The Morgan fingerprint density at radius 3 is 1.83 bits per heavy atom. The van der Waals surface area contributed by atoms with E-state index in [2.05, 4.69) is 144 Å². The fraction of sp³-hybridized carbons (Fsp3) is 0. The second kappa shape index (κ2) is 12.3. The lowest BCUT2D eigenvalue weighted by Gasteiger charge is -2.26. The summed E-state index contributed by atoms with van der Waals surface area (Å²) in [4.78, 5) is 7.24. The van der Waals surface area contributed by atoms with Gasteiger partial charge in [-0.1, -0.05) is 109 Å². The van der Waals surface area contributed by atoms with E-state index in [1.807, 2.05) is 53.8 Å². The lowest BCUT2D eigenvalue weighted by molar-refractivity contribution is 0.619. The summed E-state index contributed by atoms with van der Waals surface area (Å²) in [5, 5.41) is 4.57. The predicted molar refractivity (Wildman–Crippen MR) is 225 cm³/mol. The summed E-state index contributed by atoms with van der Waals surface area (Å²) >= 11 is 1.86. The van der Waals surface area contributed by atoms with Crippen LogP contribution in [0.4, 0.5) is 17.1 Å². The summed E-state index contributed by atoms with van der Waals surface area (Å²) < 4.78 is 15.4. The van der Waals surface area contributed by atoms with Gasteiger partial charge in [-0.25, -0.2) is 4.98 Å². The quantitative estimate of drug-likeness (QED) is 0.172. The fourth-order valence-electron chi connectivity index (χ4n) is 7.73. The molecule has 11 aromatic rings. The molecule has 0 saturated carbocycles. The van der Waals surface area contributed by atoms with Crippen LogP contribution in [0, 0.1) is 0 Å². The first-order valence-corrected chi connectivity index (χ1v) is 18.8.